The van der Waals surface area contributed by atoms with E-state index in [4.69, 9.17) is 0 Å². The molecule has 23 heavy (non-hydrogen) atoms. The molecule has 2 aromatic heterocycles. The molecular weight excluding hydrogens is 294 g/mol. The minimum atomic E-state index is -0.0982. The van der Waals surface area contributed by atoms with Gasteiger partial charge in [-0.2, -0.15) is 5.10 Å². The number of nitrogens with zero attached hydrogens (tertiary/aromatic N) is 5. The summed E-state index contributed by atoms with van der Waals surface area (Å²) >= 11 is 0. The molecule has 7 nitrogen and oxygen atoms in total. The number of anilines is 1. The van der Waals surface area contributed by atoms with E-state index in [1.54, 1.807) is 45.1 Å². The molecule has 2 amide bonds. The van der Waals surface area contributed by atoms with E-state index in [-0.39, 0.29) is 23.9 Å². The first kappa shape index (κ1) is 13.9. The lowest BCUT2D eigenvalue weighted by molar-refractivity contribution is -0.117. The van der Waals surface area contributed by atoms with E-state index in [2.05, 4.69) is 10.1 Å². The lowest BCUT2D eigenvalue weighted by Gasteiger charge is -2.24. The molecule has 0 N–H and O–H groups in total. The molecule has 0 spiro atoms. The van der Waals surface area contributed by atoms with Crippen LogP contribution in [0.4, 0.5) is 5.69 Å². The minimum Gasteiger partial charge on any atom is -0.332 e. The van der Waals surface area contributed by atoms with Gasteiger partial charge in [-0.15, -0.1) is 0 Å². The first-order valence-corrected chi connectivity index (χ1v) is 7.68. The second kappa shape index (κ2) is 5.19. The number of aryl methyl sites for hydroxylation is 1. The molecule has 2 atom stereocenters. The van der Waals surface area contributed by atoms with Crippen LogP contribution in [0, 0.1) is 0 Å². The zero-order chi connectivity index (χ0) is 16.0. The van der Waals surface area contributed by atoms with Gasteiger partial charge in [0, 0.05) is 32.4 Å². The maximum absolute atomic E-state index is 12.7. The van der Waals surface area contributed by atoms with Crippen LogP contribution in [-0.2, 0) is 11.8 Å². The number of rotatable bonds is 2. The van der Waals surface area contributed by atoms with Crippen LogP contribution in [0.3, 0.4) is 0 Å². The molecule has 4 heterocycles. The van der Waals surface area contributed by atoms with Crippen LogP contribution in [0.1, 0.15) is 23.3 Å². The molecule has 2 fully saturated rings. The van der Waals surface area contributed by atoms with Crippen LogP contribution in [0.15, 0.2) is 36.8 Å². The van der Waals surface area contributed by atoms with Gasteiger partial charge >= 0.3 is 0 Å². The minimum absolute atomic E-state index is 0.0272. The van der Waals surface area contributed by atoms with Crippen molar-refractivity contribution in [3.05, 3.63) is 42.5 Å². The van der Waals surface area contributed by atoms with Crippen molar-refractivity contribution in [2.24, 2.45) is 7.05 Å². The van der Waals surface area contributed by atoms with Crippen LogP contribution in [-0.4, -0.2) is 50.1 Å². The molecule has 7 heteroatoms. The monoisotopic (exact) mass is 311 g/mol. The number of carbonyl (C=O) groups excluding carboxylic acids is 2. The fourth-order valence-corrected chi connectivity index (χ4v) is 3.60. The standard InChI is InChI=1S/C16H17N5O2/c1-19-10-11(9-18-19)21-13-5-7-20(14(13)8-15(21)22)16(23)12-4-2-3-6-17-12/h2-4,6,9-10,13-14H,5,7-8H2,1H3/t13-,14+/m1/s1. The van der Waals surface area contributed by atoms with Crippen LogP contribution < -0.4 is 4.90 Å². The Bertz CT molecular complexity index is 757. The number of pyridine rings is 1. The number of hydrogen-bond acceptors (Lipinski definition) is 4. The number of fused-ring (bicyclic) bond motifs is 1. The highest BCUT2D eigenvalue weighted by molar-refractivity contribution is 5.99. The lowest BCUT2D eigenvalue weighted by Crippen LogP contribution is -2.40. The van der Waals surface area contributed by atoms with Crippen LogP contribution in [0.5, 0.6) is 0 Å². The van der Waals surface area contributed by atoms with Crippen molar-refractivity contribution in [1.29, 1.82) is 0 Å². The third-order valence-electron chi connectivity index (χ3n) is 4.61. The van der Waals surface area contributed by atoms with Crippen molar-refractivity contribution in [1.82, 2.24) is 19.7 Å². The summed E-state index contributed by atoms with van der Waals surface area (Å²) < 4.78 is 1.68. The molecule has 0 saturated carbocycles. The summed E-state index contributed by atoms with van der Waals surface area (Å²) in [4.78, 5) is 32.8. The highest BCUT2D eigenvalue weighted by atomic mass is 16.2. The Morgan fingerprint density at radius 2 is 2.17 bits per heavy atom. The largest absolute Gasteiger partial charge is 0.332 e. The third-order valence-corrected chi connectivity index (χ3v) is 4.61. The number of aromatic nitrogens is 3. The fraction of sp³-hybridized carbons (Fsp3) is 0.375. The van der Waals surface area contributed by atoms with Gasteiger partial charge in [0.15, 0.2) is 0 Å². The van der Waals surface area contributed by atoms with E-state index in [0.29, 0.717) is 18.7 Å². The Kier molecular flexibility index (Phi) is 3.14. The van der Waals surface area contributed by atoms with E-state index < -0.39 is 0 Å². The van der Waals surface area contributed by atoms with Gasteiger partial charge in [0.05, 0.1) is 24.0 Å². The van der Waals surface area contributed by atoms with Crippen LogP contribution >= 0.6 is 0 Å². The summed E-state index contributed by atoms with van der Waals surface area (Å²) in [6.45, 7) is 0.648. The first-order chi connectivity index (χ1) is 11.1. The highest BCUT2D eigenvalue weighted by Gasteiger charge is 2.49. The molecule has 0 bridgehead atoms. The van der Waals surface area contributed by atoms with Crippen molar-refractivity contribution in [2.45, 2.75) is 24.9 Å². The summed E-state index contributed by atoms with van der Waals surface area (Å²) in [5.74, 6) is -0.0505. The Labute approximate surface area is 133 Å². The topological polar surface area (TPSA) is 71.3 Å². The third kappa shape index (κ3) is 2.19. The van der Waals surface area contributed by atoms with E-state index in [1.807, 2.05) is 13.2 Å². The fourth-order valence-electron chi connectivity index (χ4n) is 3.60. The number of amides is 2. The summed E-state index contributed by atoms with van der Waals surface area (Å²) in [7, 11) is 1.83. The van der Waals surface area contributed by atoms with Gasteiger partial charge in [-0.1, -0.05) is 6.07 Å². The van der Waals surface area contributed by atoms with Crippen LogP contribution in [0.2, 0.25) is 0 Å². The average molecular weight is 311 g/mol. The SMILES string of the molecule is Cn1cc(N2C(=O)C[C@H]3[C@H]2CCN3C(=O)c2ccccn2)cn1. The van der Waals surface area contributed by atoms with E-state index in [9.17, 15) is 9.59 Å². The second-order valence-corrected chi connectivity index (χ2v) is 5.98. The number of carbonyl (C=O) groups is 2. The number of likely N-dealkylation sites (tertiary alicyclic amines) is 1. The zero-order valence-corrected chi connectivity index (χ0v) is 12.8. The van der Waals surface area contributed by atoms with E-state index in [1.165, 1.54) is 0 Å². The summed E-state index contributed by atoms with van der Waals surface area (Å²) in [5.41, 5.74) is 1.23. The predicted molar refractivity (Wildman–Crippen MR) is 82.8 cm³/mol. The van der Waals surface area contributed by atoms with Crippen LogP contribution in [0.25, 0.3) is 0 Å². The van der Waals surface area contributed by atoms with Gasteiger partial charge in [-0.3, -0.25) is 19.3 Å². The normalized spacial score (nSPS) is 23.4. The zero-order valence-electron chi connectivity index (χ0n) is 12.8. The highest BCUT2D eigenvalue weighted by Crippen LogP contribution is 2.36. The first-order valence-electron chi connectivity index (χ1n) is 7.68. The Morgan fingerprint density at radius 3 is 2.87 bits per heavy atom. The van der Waals surface area contributed by atoms with Gasteiger partial charge in [0.2, 0.25) is 5.91 Å². The lowest BCUT2D eigenvalue weighted by atomic mass is 10.1. The van der Waals surface area contributed by atoms with Gasteiger partial charge in [0.25, 0.3) is 5.91 Å². The molecule has 0 aliphatic carbocycles. The summed E-state index contributed by atoms with van der Waals surface area (Å²) in [5, 5.41) is 4.14. The molecule has 2 aromatic rings. The maximum Gasteiger partial charge on any atom is 0.272 e. The molecular formula is C16H17N5O2. The molecule has 118 valence electrons. The maximum atomic E-state index is 12.7. The molecule has 2 aliphatic heterocycles. The molecule has 4 rings (SSSR count). The molecule has 0 aromatic carbocycles. The van der Waals surface area contributed by atoms with Crippen molar-refractivity contribution in [3.63, 3.8) is 0 Å². The quantitative estimate of drug-likeness (QED) is 0.824. The van der Waals surface area contributed by atoms with Gasteiger partial charge in [0.1, 0.15) is 5.69 Å². The molecule has 0 unspecified atom stereocenters. The van der Waals surface area contributed by atoms with Crippen molar-refractivity contribution >= 4 is 17.5 Å². The van der Waals surface area contributed by atoms with Crippen molar-refractivity contribution in [3.8, 4) is 0 Å². The Morgan fingerprint density at radius 1 is 1.30 bits per heavy atom. The van der Waals surface area contributed by atoms with Crippen molar-refractivity contribution in [2.75, 3.05) is 11.4 Å². The predicted octanol–water partition coefficient (Wildman–Crippen LogP) is 0.835. The van der Waals surface area contributed by atoms with Crippen molar-refractivity contribution < 1.29 is 9.59 Å². The van der Waals surface area contributed by atoms with Gasteiger partial charge in [-0.05, 0) is 18.6 Å². The van der Waals surface area contributed by atoms with Gasteiger partial charge in [-0.25, -0.2) is 0 Å². The Balaban J connectivity index is 1.60. The molecule has 2 saturated heterocycles. The smallest absolute Gasteiger partial charge is 0.272 e. The molecule has 2 aliphatic rings. The summed E-state index contributed by atoms with van der Waals surface area (Å²) in [6, 6.07) is 5.24. The number of hydrogen-bond donors (Lipinski definition) is 0. The Hall–Kier alpha value is -2.70. The van der Waals surface area contributed by atoms with E-state index >= 15 is 0 Å². The second-order valence-electron chi connectivity index (χ2n) is 5.98. The average Bonchev–Trinajstić information content (AvgIpc) is 3.22. The molecule has 0 radical (unpaired) electrons. The summed E-state index contributed by atoms with van der Waals surface area (Å²) in [6.07, 6.45) is 6.29. The van der Waals surface area contributed by atoms with E-state index in [0.717, 1.165) is 12.1 Å². The van der Waals surface area contributed by atoms with Gasteiger partial charge < -0.3 is 9.80 Å².